The van der Waals surface area contributed by atoms with E-state index in [1.165, 1.54) is 44.3 Å². The molecule has 6 nitrogen and oxygen atoms in total. The molecule has 25 heavy (non-hydrogen) atoms. The Morgan fingerprint density at radius 2 is 1.96 bits per heavy atom. The summed E-state index contributed by atoms with van der Waals surface area (Å²) >= 11 is 0. The van der Waals surface area contributed by atoms with E-state index in [0.717, 1.165) is 39.1 Å². The summed E-state index contributed by atoms with van der Waals surface area (Å²) in [5.41, 5.74) is 1.26. The fourth-order valence-electron chi connectivity index (χ4n) is 4.27. The van der Waals surface area contributed by atoms with Gasteiger partial charge in [0.15, 0.2) is 0 Å². The zero-order valence-corrected chi connectivity index (χ0v) is 15.9. The van der Waals surface area contributed by atoms with E-state index >= 15 is 0 Å². The van der Waals surface area contributed by atoms with Gasteiger partial charge in [-0.25, -0.2) is 0 Å². The highest BCUT2D eigenvalue weighted by molar-refractivity contribution is 5.73. The number of amides is 1. The van der Waals surface area contributed by atoms with Crippen LogP contribution in [0.4, 0.5) is 0 Å². The zero-order chi connectivity index (χ0) is 17.6. The summed E-state index contributed by atoms with van der Waals surface area (Å²) in [5, 5.41) is 4.27. The molecule has 2 aliphatic rings. The van der Waals surface area contributed by atoms with Crippen LogP contribution in [-0.4, -0.2) is 75.7 Å². The van der Waals surface area contributed by atoms with E-state index in [2.05, 4.69) is 26.0 Å². The van der Waals surface area contributed by atoms with Crippen LogP contribution >= 0.6 is 0 Å². The van der Waals surface area contributed by atoms with Gasteiger partial charge in [-0.05, 0) is 45.3 Å². The summed E-state index contributed by atoms with van der Waals surface area (Å²) in [4.78, 5) is 19.4. The second-order valence-corrected chi connectivity index (χ2v) is 7.67. The van der Waals surface area contributed by atoms with Gasteiger partial charge in [-0.15, -0.1) is 0 Å². The number of piperidine rings is 2. The molecule has 2 aliphatic heterocycles. The number of carbonyl (C=O) groups excluding carboxylic acids is 1. The molecule has 3 rings (SSSR count). The van der Waals surface area contributed by atoms with Crippen LogP contribution in [0.15, 0.2) is 12.4 Å². The number of likely N-dealkylation sites (tertiary alicyclic amines) is 2. The maximum Gasteiger partial charge on any atom is 0.219 e. The highest BCUT2D eigenvalue weighted by Crippen LogP contribution is 2.19. The van der Waals surface area contributed by atoms with Gasteiger partial charge < -0.3 is 9.80 Å². The van der Waals surface area contributed by atoms with Gasteiger partial charge in [0, 0.05) is 58.0 Å². The van der Waals surface area contributed by atoms with E-state index < -0.39 is 0 Å². The predicted octanol–water partition coefficient (Wildman–Crippen LogP) is 1.72. The molecule has 0 N–H and O–H groups in total. The molecule has 1 atom stereocenters. The van der Waals surface area contributed by atoms with Crippen LogP contribution in [0.2, 0.25) is 0 Å². The molecule has 1 amide bonds. The number of nitrogens with zero attached hydrogens (tertiary/aromatic N) is 5. The summed E-state index contributed by atoms with van der Waals surface area (Å²) in [7, 11) is 1.96. The minimum absolute atomic E-state index is 0.227. The van der Waals surface area contributed by atoms with Gasteiger partial charge in [0.25, 0.3) is 0 Å². The summed E-state index contributed by atoms with van der Waals surface area (Å²) in [6, 6.07) is 0.354. The molecule has 0 aliphatic carbocycles. The van der Waals surface area contributed by atoms with E-state index in [1.54, 1.807) is 6.92 Å². The SMILES string of the molecule is CC(=O)N(CCN1CCCCC1)C1CCCN(Cc2cnn(C)c2)C1. The largest absolute Gasteiger partial charge is 0.337 e. The number of hydrogen-bond donors (Lipinski definition) is 0. The molecule has 3 heterocycles. The summed E-state index contributed by atoms with van der Waals surface area (Å²) < 4.78 is 1.86. The van der Waals surface area contributed by atoms with Crippen LogP contribution in [0, 0.1) is 0 Å². The summed E-state index contributed by atoms with van der Waals surface area (Å²) in [6.45, 7) is 9.06. The molecule has 0 saturated carbocycles. The minimum atomic E-state index is 0.227. The smallest absolute Gasteiger partial charge is 0.219 e. The third-order valence-corrected chi connectivity index (χ3v) is 5.60. The van der Waals surface area contributed by atoms with Crippen LogP contribution in [0.3, 0.4) is 0 Å². The number of aryl methyl sites for hydroxylation is 1. The first-order valence-electron chi connectivity index (χ1n) is 9.81. The molecule has 140 valence electrons. The van der Waals surface area contributed by atoms with Crippen molar-refractivity contribution in [1.29, 1.82) is 0 Å². The number of aromatic nitrogens is 2. The van der Waals surface area contributed by atoms with E-state index in [4.69, 9.17) is 0 Å². The second-order valence-electron chi connectivity index (χ2n) is 7.67. The van der Waals surface area contributed by atoms with Gasteiger partial charge in [-0.3, -0.25) is 14.4 Å². The summed E-state index contributed by atoms with van der Waals surface area (Å²) in [5.74, 6) is 0.227. The van der Waals surface area contributed by atoms with Gasteiger partial charge in [-0.1, -0.05) is 6.42 Å². The molecule has 2 fully saturated rings. The highest BCUT2D eigenvalue weighted by atomic mass is 16.2. The van der Waals surface area contributed by atoms with Gasteiger partial charge >= 0.3 is 0 Å². The average Bonchev–Trinajstić information content (AvgIpc) is 3.01. The van der Waals surface area contributed by atoms with Crippen LogP contribution in [-0.2, 0) is 18.4 Å². The van der Waals surface area contributed by atoms with Crippen molar-refractivity contribution in [3.8, 4) is 0 Å². The lowest BCUT2D eigenvalue weighted by molar-refractivity contribution is -0.132. The standard InChI is InChI=1S/C19H33N5O/c1-17(25)24(12-11-22-8-4-3-5-9-22)19-7-6-10-23(16-19)15-18-13-20-21(2)14-18/h13-14,19H,3-12,15-16H2,1-2H3. The fraction of sp³-hybridized carbons (Fsp3) is 0.789. The molecule has 1 aromatic rings. The van der Waals surface area contributed by atoms with Crippen molar-refractivity contribution in [3.63, 3.8) is 0 Å². The Bertz CT molecular complexity index is 552. The quantitative estimate of drug-likeness (QED) is 0.786. The van der Waals surface area contributed by atoms with Crippen molar-refractivity contribution in [2.75, 3.05) is 39.3 Å². The molecule has 0 bridgehead atoms. The highest BCUT2D eigenvalue weighted by Gasteiger charge is 2.27. The van der Waals surface area contributed by atoms with Crippen LogP contribution in [0.25, 0.3) is 0 Å². The van der Waals surface area contributed by atoms with Crippen molar-refractivity contribution in [3.05, 3.63) is 18.0 Å². The maximum atomic E-state index is 12.3. The minimum Gasteiger partial charge on any atom is -0.337 e. The van der Waals surface area contributed by atoms with Gasteiger partial charge in [-0.2, -0.15) is 5.10 Å². The monoisotopic (exact) mass is 347 g/mol. The number of rotatable bonds is 6. The third kappa shape index (κ3) is 5.28. The zero-order valence-electron chi connectivity index (χ0n) is 15.9. The first-order chi connectivity index (χ1) is 12.1. The Hall–Kier alpha value is -1.40. The molecule has 6 heteroatoms. The molecule has 0 aromatic carbocycles. The number of carbonyl (C=O) groups is 1. The van der Waals surface area contributed by atoms with Crippen molar-refractivity contribution in [2.24, 2.45) is 7.05 Å². The van der Waals surface area contributed by atoms with E-state index in [-0.39, 0.29) is 5.91 Å². The van der Waals surface area contributed by atoms with Gasteiger partial charge in [0.05, 0.1) is 6.20 Å². The Balaban J connectivity index is 1.53. The van der Waals surface area contributed by atoms with Crippen molar-refractivity contribution < 1.29 is 4.79 Å². The third-order valence-electron chi connectivity index (χ3n) is 5.60. The molecule has 2 saturated heterocycles. The molecule has 1 aromatic heterocycles. The molecular weight excluding hydrogens is 314 g/mol. The molecular formula is C19H33N5O. The van der Waals surface area contributed by atoms with Gasteiger partial charge in [0.1, 0.15) is 0 Å². The van der Waals surface area contributed by atoms with Crippen LogP contribution in [0.1, 0.15) is 44.6 Å². The Morgan fingerprint density at radius 3 is 2.64 bits per heavy atom. The lowest BCUT2D eigenvalue weighted by atomic mass is 10.0. The lowest BCUT2D eigenvalue weighted by Gasteiger charge is -2.40. The van der Waals surface area contributed by atoms with Crippen LogP contribution < -0.4 is 0 Å². The molecule has 0 spiro atoms. The predicted molar refractivity (Wildman–Crippen MR) is 99.2 cm³/mol. The van der Waals surface area contributed by atoms with Crippen molar-refractivity contribution in [1.82, 2.24) is 24.5 Å². The first-order valence-corrected chi connectivity index (χ1v) is 9.81. The van der Waals surface area contributed by atoms with Gasteiger partial charge in [0.2, 0.25) is 5.91 Å². The van der Waals surface area contributed by atoms with E-state index in [9.17, 15) is 4.79 Å². The number of hydrogen-bond acceptors (Lipinski definition) is 4. The molecule has 0 radical (unpaired) electrons. The normalized spacial score (nSPS) is 22.9. The second kappa shape index (κ2) is 8.81. The van der Waals surface area contributed by atoms with Crippen molar-refractivity contribution in [2.45, 2.75) is 51.6 Å². The molecule has 1 unspecified atom stereocenters. The first kappa shape index (κ1) is 18.4. The average molecular weight is 348 g/mol. The van der Waals surface area contributed by atoms with E-state index in [0.29, 0.717) is 6.04 Å². The maximum absolute atomic E-state index is 12.3. The van der Waals surface area contributed by atoms with Crippen LogP contribution in [0.5, 0.6) is 0 Å². The summed E-state index contributed by atoms with van der Waals surface area (Å²) in [6.07, 6.45) is 10.3. The Morgan fingerprint density at radius 1 is 1.20 bits per heavy atom. The lowest BCUT2D eigenvalue weighted by Crippen LogP contribution is -2.51. The fourth-order valence-corrected chi connectivity index (χ4v) is 4.27. The van der Waals surface area contributed by atoms with E-state index in [1.807, 2.05) is 17.9 Å². The Kier molecular flexibility index (Phi) is 6.48. The Labute approximate surface area is 151 Å². The van der Waals surface area contributed by atoms with Crippen molar-refractivity contribution >= 4 is 5.91 Å². The topological polar surface area (TPSA) is 44.6 Å².